The molecule has 0 bridgehead atoms. The lowest BCUT2D eigenvalue weighted by Crippen LogP contribution is -2.29. The molecule has 1 N–H and O–H groups in total. The third-order valence-electron chi connectivity index (χ3n) is 3.11. The Labute approximate surface area is 100 Å². The molecule has 0 heterocycles. The number of rotatable bonds is 3. The predicted octanol–water partition coefficient (Wildman–Crippen LogP) is 1.37. The molecular weight excluding hydrogens is 244 g/mol. The first-order valence-electron chi connectivity index (χ1n) is 5.29. The van der Waals surface area contributed by atoms with Crippen LogP contribution < -0.4 is 4.74 Å². The van der Waals surface area contributed by atoms with Crippen molar-refractivity contribution in [3.05, 3.63) is 29.3 Å². The molecule has 0 amide bonds. The highest BCUT2D eigenvalue weighted by atomic mass is 32.2. The lowest BCUT2D eigenvalue weighted by molar-refractivity contribution is -0.131. The zero-order chi connectivity index (χ0) is 12.5. The van der Waals surface area contributed by atoms with Crippen molar-refractivity contribution in [2.45, 2.75) is 24.5 Å². The minimum Gasteiger partial charge on any atom is -0.497 e. The summed E-state index contributed by atoms with van der Waals surface area (Å²) in [6.07, 6.45) is 1.46. The van der Waals surface area contributed by atoms with E-state index in [2.05, 4.69) is 4.33 Å². The zero-order valence-corrected chi connectivity index (χ0v) is 10.2. The van der Waals surface area contributed by atoms with E-state index in [1.807, 2.05) is 18.2 Å². The second-order valence-electron chi connectivity index (χ2n) is 4.07. The van der Waals surface area contributed by atoms with Crippen LogP contribution in [0.15, 0.2) is 18.2 Å². The van der Waals surface area contributed by atoms with Gasteiger partial charge in [0.1, 0.15) is 5.75 Å². The Morgan fingerprint density at radius 1 is 1.35 bits per heavy atom. The molecule has 0 saturated heterocycles. The molecule has 1 aromatic carbocycles. The van der Waals surface area contributed by atoms with E-state index in [9.17, 15) is 8.42 Å². The quantitative estimate of drug-likeness (QED) is 0.655. The summed E-state index contributed by atoms with van der Waals surface area (Å²) >= 11 is 0. The first-order chi connectivity index (χ1) is 8.06. The molecule has 1 atom stereocenters. The van der Waals surface area contributed by atoms with Gasteiger partial charge in [-0.15, -0.1) is 4.33 Å². The van der Waals surface area contributed by atoms with Gasteiger partial charge in [0.15, 0.2) is 0 Å². The van der Waals surface area contributed by atoms with Crippen molar-refractivity contribution < 1.29 is 22.7 Å². The van der Waals surface area contributed by atoms with Crippen LogP contribution in [0.25, 0.3) is 0 Å². The third kappa shape index (κ3) is 2.43. The van der Waals surface area contributed by atoms with E-state index in [4.69, 9.17) is 9.99 Å². The van der Waals surface area contributed by atoms with Crippen LogP contribution in [0, 0.1) is 0 Å². The van der Waals surface area contributed by atoms with Crippen LogP contribution in [-0.4, -0.2) is 26.0 Å². The maximum Gasteiger partial charge on any atom is 0.296 e. The highest BCUT2D eigenvalue weighted by Gasteiger charge is 2.31. The smallest absolute Gasteiger partial charge is 0.296 e. The maximum atomic E-state index is 11.4. The summed E-state index contributed by atoms with van der Waals surface area (Å²) in [4.78, 5) is 0. The number of benzene rings is 1. The van der Waals surface area contributed by atoms with Crippen LogP contribution in [0.5, 0.6) is 5.75 Å². The van der Waals surface area contributed by atoms with Gasteiger partial charge in [-0.1, -0.05) is 6.07 Å². The summed E-state index contributed by atoms with van der Waals surface area (Å²) < 4.78 is 31.5. The topological polar surface area (TPSA) is 72.8 Å². The second-order valence-corrected chi connectivity index (χ2v) is 5.87. The normalized spacial score (nSPS) is 19.8. The number of ether oxygens (including phenoxy) is 1. The molecule has 0 spiro atoms. The lowest BCUT2D eigenvalue weighted by atomic mass is 9.91. The molecule has 94 valence electrons. The Hall–Kier alpha value is -1.11. The van der Waals surface area contributed by atoms with Crippen LogP contribution in [0.3, 0.4) is 0 Å². The van der Waals surface area contributed by atoms with Gasteiger partial charge >= 0.3 is 0 Å². The molecule has 0 radical (unpaired) electrons. The predicted molar refractivity (Wildman–Crippen MR) is 61.4 cm³/mol. The van der Waals surface area contributed by atoms with Crippen molar-refractivity contribution in [3.63, 3.8) is 0 Å². The largest absolute Gasteiger partial charge is 0.497 e. The van der Waals surface area contributed by atoms with Crippen molar-refractivity contribution in [3.8, 4) is 5.75 Å². The minimum absolute atomic E-state index is 0.343. The van der Waals surface area contributed by atoms with Crippen LogP contribution in [0.4, 0.5) is 0 Å². The van der Waals surface area contributed by atoms with Crippen molar-refractivity contribution in [2.75, 3.05) is 7.11 Å². The first kappa shape index (κ1) is 12.3. The fourth-order valence-corrected chi connectivity index (χ4v) is 3.05. The van der Waals surface area contributed by atoms with Crippen LogP contribution in [-0.2, 0) is 27.3 Å². The van der Waals surface area contributed by atoms with Gasteiger partial charge in [0.05, 0.1) is 12.4 Å². The van der Waals surface area contributed by atoms with Gasteiger partial charge in [0, 0.05) is 0 Å². The Bertz CT molecular complexity index is 509. The van der Waals surface area contributed by atoms with Gasteiger partial charge in [-0.05, 0) is 42.5 Å². The minimum atomic E-state index is -3.87. The van der Waals surface area contributed by atoms with Gasteiger partial charge < -0.3 is 4.74 Å². The van der Waals surface area contributed by atoms with E-state index in [-0.39, 0.29) is 0 Å². The van der Waals surface area contributed by atoms with Gasteiger partial charge in [0.2, 0.25) is 0 Å². The Kier molecular flexibility index (Phi) is 3.37. The highest BCUT2D eigenvalue weighted by Crippen LogP contribution is 2.28. The Morgan fingerprint density at radius 2 is 2.12 bits per heavy atom. The summed E-state index contributed by atoms with van der Waals surface area (Å²) in [6, 6.07) is 5.63. The van der Waals surface area contributed by atoms with Crippen LogP contribution >= 0.6 is 0 Å². The van der Waals surface area contributed by atoms with E-state index < -0.39 is 15.4 Å². The fourth-order valence-electron chi connectivity index (χ4n) is 2.13. The molecule has 2 rings (SSSR count). The second kappa shape index (κ2) is 4.64. The van der Waals surface area contributed by atoms with Gasteiger partial charge in [-0.25, -0.2) is 5.26 Å². The van der Waals surface area contributed by atoms with Gasteiger partial charge in [0.25, 0.3) is 10.1 Å². The fraction of sp³-hybridized carbons (Fsp3) is 0.455. The molecule has 17 heavy (non-hydrogen) atoms. The number of fused-ring (bicyclic) bond motifs is 1. The molecule has 5 nitrogen and oxygen atoms in total. The summed E-state index contributed by atoms with van der Waals surface area (Å²) in [5.74, 6) is 0.701. The number of aryl methyl sites for hydroxylation is 1. The molecule has 0 aliphatic heterocycles. The monoisotopic (exact) mass is 258 g/mol. The molecule has 0 saturated carbocycles. The van der Waals surface area contributed by atoms with Crippen molar-refractivity contribution in [1.82, 2.24) is 0 Å². The van der Waals surface area contributed by atoms with E-state index in [0.717, 1.165) is 11.1 Å². The standard InChI is InChI=1S/C11H14O5S/c1-15-10-4-2-8-3-5-11(7-9(8)6-10)17(13,14)16-12/h2,4,6,11-12H,3,5,7H2,1H3. The Balaban J connectivity index is 2.29. The number of hydrogen-bond donors (Lipinski definition) is 1. The number of hydrogen-bond acceptors (Lipinski definition) is 5. The van der Waals surface area contributed by atoms with Gasteiger partial charge in [-0.2, -0.15) is 8.42 Å². The Morgan fingerprint density at radius 3 is 2.76 bits per heavy atom. The summed E-state index contributed by atoms with van der Waals surface area (Å²) in [6.45, 7) is 0. The van der Waals surface area contributed by atoms with Crippen LogP contribution in [0.2, 0.25) is 0 Å². The molecule has 1 unspecified atom stereocenters. The van der Waals surface area contributed by atoms with E-state index >= 15 is 0 Å². The SMILES string of the molecule is COc1ccc2c(c1)CC(S(=O)(=O)OO)CC2. The van der Waals surface area contributed by atoms with Crippen molar-refractivity contribution >= 4 is 10.1 Å². The van der Waals surface area contributed by atoms with E-state index in [0.29, 0.717) is 25.0 Å². The third-order valence-corrected chi connectivity index (χ3v) is 4.54. The van der Waals surface area contributed by atoms with Crippen LogP contribution in [0.1, 0.15) is 17.5 Å². The van der Waals surface area contributed by atoms with E-state index in [1.54, 1.807) is 7.11 Å². The summed E-state index contributed by atoms with van der Waals surface area (Å²) in [5.41, 5.74) is 2.05. The van der Waals surface area contributed by atoms with E-state index in [1.165, 1.54) is 0 Å². The molecule has 1 aromatic rings. The molecule has 0 fully saturated rings. The summed E-state index contributed by atoms with van der Waals surface area (Å²) in [7, 11) is -2.30. The number of methoxy groups -OCH3 is 1. The summed E-state index contributed by atoms with van der Waals surface area (Å²) in [5, 5.41) is 7.69. The lowest BCUT2D eigenvalue weighted by Gasteiger charge is -2.23. The maximum absolute atomic E-state index is 11.4. The molecule has 1 aliphatic rings. The molecule has 1 aliphatic carbocycles. The molecule has 0 aromatic heterocycles. The molecule has 6 heteroatoms. The van der Waals surface area contributed by atoms with Crippen molar-refractivity contribution in [2.24, 2.45) is 0 Å². The first-order valence-corrected chi connectivity index (χ1v) is 6.76. The average Bonchev–Trinajstić information content (AvgIpc) is 2.37. The highest BCUT2D eigenvalue weighted by molar-refractivity contribution is 7.87. The van der Waals surface area contributed by atoms with Gasteiger partial charge in [-0.3, -0.25) is 0 Å². The molecular formula is C11H14O5S. The average molecular weight is 258 g/mol. The zero-order valence-electron chi connectivity index (χ0n) is 9.42. The van der Waals surface area contributed by atoms with Crippen molar-refractivity contribution in [1.29, 1.82) is 0 Å².